The van der Waals surface area contributed by atoms with E-state index in [2.05, 4.69) is 9.88 Å². The molecule has 0 saturated heterocycles. The minimum atomic E-state index is -0.145. The highest BCUT2D eigenvalue weighted by atomic mass is 35.5. The van der Waals surface area contributed by atoms with E-state index in [1.807, 2.05) is 32.2 Å². The van der Waals surface area contributed by atoms with Gasteiger partial charge in [-0.05, 0) is 43.8 Å². The Balaban J connectivity index is 1.76. The molecule has 0 N–H and O–H groups in total. The van der Waals surface area contributed by atoms with Crippen LogP contribution in [-0.4, -0.2) is 35.0 Å². The van der Waals surface area contributed by atoms with Crippen LogP contribution in [-0.2, 0) is 13.1 Å². The summed E-state index contributed by atoms with van der Waals surface area (Å²) in [6, 6.07) is 10.9. The van der Waals surface area contributed by atoms with Crippen LogP contribution in [0.1, 0.15) is 18.2 Å². The predicted octanol–water partition coefficient (Wildman–Crippen LogP) is 3.39. The number of benzene rings is 1. The Kier molecular flexibility index (Phi) is 5.98. The lowest BCUT2D eigenvalue weighted by atomic mass is 10.2. The Morgan fingerprint density at radius 1 is 1.15 bits per heavy atom. The Morgan fingerprint density at radius 3 is 2.70 bits per heavy atom. The molecular formula is C20H22ClN3O3. The molecule has 27 heavy (non-hydrogen) atoms. The lowest BCUT2D eigenvalue weighted by Crippen LogP contribution is -2.21. The largest absolute Gasteiger partial charge is 0.493 e. The van der Waals surface area contributed by atoms with Crippen molar-refractivity contribution in [2.45, 2.75) is 20.0 Å². The van der Waals surface area contributed by atoms with E-state index in [-0.39, 0.29) is 5.56 Å². The van der Waals surface area contributed by atoms with Crippen LogP contribution >= 0.6 is 11.6 Å². The maximum Gasteiger partial charge on any atom is 0.258 e. The zero-order valence-corrected chi connectivity index (χ0v) is 16.4. The second-order valence-corrected chi connectivity index (χ2v) is 6.69. The summed E-state index contributed by atoms with van der Waals surface area (Å²) < 4.78 is 12.4. The van der Waals surface area contributed by atoms with Gasteiger partial charge in [-0.15, -0.1) is 0 Å². The van der Waals surface area contributed by atoms with Crippen molar-refractivity contribution in [1.29, 1.82) is 0 Å². The number of fused-ring (bicyclic) bond motifs is 1. The summed E-state index contributed by atoms with van der Waals surface area (Å²) in [6.07, 6.45) is 1.58. The minimum Gasteiger partial charge on any atom is -0.493 e. The lowest BCUT2D eigenvalue weighted by molar-refractivity contribution is 0.304. The molecule has 1 aromatic carbocycles. The van der Waals surface area contributed by atoms with Crippen LogP contribution in [0.15, 0.2) is 47.4 Å². The van der Waals surface area contributed by atoms with Gasteiger partial charge in [0.1, 0.15) is 5.65 Å². The fourth-order valence-electron chi connectivity index (χ4n) is 2.94. The number of hydrogen-bond acceptors (Lipinski definition) is 5. The van der Waals surface area contributed by atoms with Crippen LogP contribution in [0.3, 0.4) is 0 Å². The Labute approximate surface area is 162 Å². The predicted molar refractivity (Wildman–Crippen MR) is 106 cm³/mol. The molecule has 0 aliphatic carbocycles. The van der Waals surface area contributed by atoms with Gasteiger partial charge in [-0.2, -0.15) is 0 Å². The fourth-order valence-corrected chi connectivity index (χ4v) is 3.10. The van der Waals surface area contributed by atoms with Crippen LogP contribution in [0, 0.1) is 0 Å². The summed E-state index contributed by atoms with van der Waals surface area (Å²) in [5, 5.41) is 0.501. The van der Waals surface area contributed by atoms with Crippen LogP contribution in [0.25, 0.3) is 5.65 Å². The third-order valence-electron chi connectivity index (χ3n) is 4.09. The van der Waals surface area contributed by atoms with Crippen molar-refractivity contribution in [2.24, 2.45) is 0 Å². The molecular weight excluding hydrogens is 366 g/mol. The summed E-state index contributed by atoms with van der Waals surface area (Å²) in [6.45, 7) is 3.76. The van der Waals surface area contributed by atoms with Gasteiger partial charge in [0, 0.05) is 25.4 Å². The number of pyridine rings is 1. The molecule has 0 aliphatic heterocycles. The highest BCUT2D eigenvalue weighted by Gasteiger charge is 2.10. The van der Waals surface area contributed by atoms with E-state index >= 15 is 0 Å². The Bertz CT molecular complexity index is 1000. The zero-order valence-electron chi connectivity index (χ0n) is 15.6. The van der Waals surface area contributed by atoms with Crippen molar-refractivity contribution in [3.8, 4) is 11.5 Å². The first-order valence-corrected chi connectivity index (χ1v) is 9.04. The third kappa shape index (κ3) is 4.59. The van der Waals surface area contributed by atoms with E-state index in [0.29, 0.717) is 41.8 Å². The second kappa shape index (κ2) is 8.41. The highest BCUT2D eigenvalue weighted by Crippen LogP contribution is 2.28. The SMILES string of the molecule is CCOc1ccc(CN(C)Cc2cc(=O)n3cc(Cl)ccc3n2)cc1OC. The summed E-state index contributed by atoms with van der Waals surface area (Å²) in [5.74, 6) is 1.44. The molecule has 0 atom stereocenters. The van der Waals surface area contributed by atoms with Crippen molar-refractivity contribution < 1.29 is 9.47 Å². The van der Waals surface area contributed by atoms with Gasteiger partial charge < -0.3 is 9.47 Å². The van der Waals surface area contributed by atoms with Crippen LogP contribution in [0.4, 0.5) is 0 Å². The Morgan fingerprint density at radius 2 is 1.96 bits per heavy atom. The van der Waals surface area contributed by atoms with Gasteiger partial charge in [0.05, 0.1) is 24.4 Å². The van der Waals surface area contributed by atoms with Gasteiger partial charge in [-0.1, -0.05) is 17.7 Å². The van der Waals surface area contributed by atoms with E-state index in [9.17, 15) is 4.79 Å². The number of aromatic nitrogens is 2. The zero-order chi connectivity index (χ0) is 19.4. The van der Waals surface area contributed by atoms with Crippen molar-refractivity contribution in [3.63, 3.8) is 0 Å². The lowest BCUT2D eigenvalue weighted by Gasteiger charge is -2.18. The van der Waals surface area contributed by atoms with Crippen molar-refractivity contribution >= 4 is 17.2 Å². The molecule has 0 radical (unpaired) electrons. The van der Waals surface area contributed by atoms with E-state index in [0.717, 1.165) is 11.3 Å². The van der Waals surface area contributed by atoms with E-state index in [4.69, 9.17) is 21.1 Å². The van der Waals surface area contributed by atoms with Gasteiger partial charge in [-0.3, -0.25) is 14.1 Å². The third-order valence-corrected chi connectivity index (χ3v) is 4.31. The van der Waals surface area contributed by atoms with Crippen LogP contribution in [0.5, 0.6) is 11.5 Å². The van der Waals surface area contributed by atoms with Crippen molar-refractivity contribution in [1.82, 2.24) is 14.3 Å². The molecule has 3 rings (SSSR count). The number of methoxy groups -OCH3 is 1. The molecule has 0 spiro atoms. The highest BCUT2D eigenvalue weighted by molar-refractivity contribution is 6.30. The van der Waals surface area contributed by atoms with Crippen LogP contribution in [0.2, 0.25) is 5.02 Å². The maximum absolute atomic E-state index is 12.3. The fraction of sp³-hybridized carbons (Fsp3) is 0.300. The second-order valence-electron chi connectivity index (χ2n) is 6.25. The van der Waals surface area contributed by atoms with Gasteiger partial charge in [-0.25, -0.2) is 4.98 Å². The normalized spacial score (nSPS) is 11.1. The van der Waals surface area contributed by atoms with E-state index < -0.39 is 0 Å². The molecule has 0 fully saturated rings. The smallest absolute Gasteiger partial charge is 0.258 e. The molecule has 2 heterocycles. The standard InChI is InChI=1S/C20H22ClN3O3/c1-4-27-17-7-5-14(9-18(17)26-3)11-23(2)13-16-10-20(25)24-12-15(21)6-8-19(24)22-16/h5-10,12H,4,11,13H2,1-3H3. The average Bonchev–Trinajstić information content (AvgIpc) is 2.63. The molecule has 0 bridgehead atoms. The first-order valence-electron chi connectivity index (χ1n) is 8.66. The maximum atomic E-state index is 12.3. The topological polar surface area (TPSA) is 56.1 Å². The minimum absolute atomic E-state index is 0.145. The summed E-state index contributed by atoms with van der Waals surface area (Å²) in [5.41, 5.74) is 2.23. The average molecular weight is 388 g/mol. The molecule has 2 aromatic heterocycles. The number of halogens is 1. The molecule has 6 nitrogen and oxygen atoms in total. The van der Waals surface area contributed by atoms with E-state index in [1.165, 1.54) is 4.40 Å². The number of nitrogens with zero attached hydrogens (tertiary/aromatic N) is 3. The van der Waals surface area contributed by atoms with Gasteiger partial charge in [0.15, 0.2) is 11.5 Å². The molecule has 0 saturated carbocycles. The number of rotatable bonds is 7. The first kappa shape index (κ1) is 19.2. The quantitative estimate of drug-likeness (QED) is 0.622. The van der Waals surface area contributed by atoms with Crippen molar-refractivity contribution in [3.05, 3.63) is 69.2 Å². The molecule has 7 heteroatoms. The van der Waals surface area contributed by atoms with Gasteiger partial charge in [0.2, 0.25) is 0 Å². The molecule has 0 aliphatic rings. The summed E-state index contributed by atoms with van der Waals surface area (Å²) in [7, 11) is 3.61. The van der Waals surface area contributed by atoms with Crippen molar-refractivity contribution in [2.75, 3.05) is 20.8 Å². The number of ether oxygens (including phenoxy) is 2. The first-order chi connectivity index (χ1) is 13.0. The van der Waals surface area contributed by atoms with E-state index in [1.54, 1.807) is 31.5 Å². The Hall–Kier alpha value is -2.57. The van der Waals surface area contributed by atoms with Gasteiger partial charge >= 0.3 is 0 Å². The molecule has 142 valence electrons. The monoisotopic (exact) mass is 387 g/mol. The number of hydrogen-bond donors (Lipinski definition) is 0. The molecule has 0 unspecified atom stereocenters. The van der Waals surface area contributed by atoms with Crippen LogP contribution < -0.4 is 15.0 Å². The molecule has 0 amide bonds. The summed E-state index contributed by atoms with van der Waals surface area (Å²) in [4.78, 5) is 18.9. The van der Waals surface area contributed by atoms with Gasteiger partial charge in [0.25, 0.3) is 5.56 Å². The molecule has 3 aromatic rings. The summed E-state index contributed by atoms with van der Waals surface area (Å²) >= 11 is 5.95.